The normalized spacial score (nSPS) is 11.9. The third-order valence-corrected chi connectivity index (χ3v) is 15.6. The first-order chi connectivity index (χ1) is 35.4. The summed E-state index contributed by atoms with van der Waals surface area (Å²) < 4.78 is 2.83. The second-order valence-corrected chi connectivity index (χ2v) is 20.1. The standard InChI is InChI=1S/2C13H9.2C13H10.2C9H13.2ClH.2Zr/c2*1-3-7-12-10(5-1)9-11-6-2-4-8-13(11)12;2*1-3-7-12(8-4-1)11-13-9-5-2-6-10-13;2*1-3-8-5-6-9(4-2)7-8;;;;/h2*1-9H;2*1-10H;2*7H,3-5H2,1-2H3;2*1H;;/q2*-1;;;2*-1;;;2*+2/p-2. The van der Waals surface area contributed by atoms with Crippen LogP contribution in [0.4, 0.5) is 0 Å². The summed E-state index contributed by atoms with van der Waals surface area (Å²) in [5.74, 6) is 0. The van der Waals surface area contributed by atoms with E-state index in [0.717, 1.165) is 25.7 Å². The number of hydrogen-bond donors (Lipinski definition) is 0. The molecule has 12 rings (SSSR count). The maximum absolute atomic E-state index is 3.33. The molecule has 0 atom stereocenters. The van der Waals surface area contributed by atoms with Crippen LogP contribution in [0.2, 0.25) is 0 Å². The molecule has 2 aliphatic rings. The van der Waals surface area contributed by atoms with Crippen LogP contribution in [-0.2, 0) is 48.5 Å². The molecule has 0 bridgehead atoms. The van der Waals surface area contributed by atoms with Gasteiger partial charge in [0.15, 0.2) is 0 Å². The van der Waals surface area contributed by atoms with E-state index < -0.39 is 0 Å². The van der Waals surface area contributed by atoms with Crippen LogP contribution in [0.25, 0.3) is 43.1 Å². The van der Waals surface area contributed by atoms with Crippen LogP contribution < -0.4 is 24.8 Å². The van der Waals surface area contributed by atoms with Crippen LogP contribution in [-0.4, -0.2) is 6.41 Å². The fraction of sp³-hybridized carbons (Fsp3) is 0.143. The average molecular weight is 1160 g/mol. The smallest absolute Gasteiger partial charge is 0.0771 e. The second kappa shape index (κ2) is 32.1. The third kappa shape index (κ3) is 17.3. The van der Waals surface area contributed by atoms with Crippen LogP contribution in [0, 0.1) is 12.2 Å². The molecule has 0 unspecified atom stereocenters. The largest absolute Gasteiger partial charge is 0.126 e. The number of rotatable bonds is 8. The van der Waals surface area contributed by atoms with E-state index in [1.54, 1.807) is 0 Å². The van der Waals surface area contributed by atoms with Crippen LogP contribution in [0.15, 0.2) is 265 Å². The Bertz CT molecular complexity index is 2990. The minimum Gasteiger partial charge on any atom is -0.126 e. The quantitative estimate of drug-likeness (QED) is 0.133. The van der Waals surface area contributed by atoms with Gasteiger partial charge in [0.25, 0.3) is 0 Å². The topological polar surface area (TPSA) is 0 Å². The van der Waals surface area contributed by atoms with Crippen molar-refractivity contribution in [3.8, 4) is 0 Å². The summed E-state index contributed by atoms with van der Waals surface area (Å²) in [6.45, 7) is 8.76. The zero-order chi connectivity index (χ0) is 50.3. The summed E-state index contributed by atoms with van der Waals surface area (Å²) in [5.41, 5.74) is 11.2. The van der Waals surface area contributed by atoms with Crippen molar-refractivity contribution >= 4 is 49.5 Å². The van der Waals surface area contributed by atoms with Gasteiger partial charge in [-0.2, -0.15) is 11.1 Å². The van der Waals surface area contributed by atoms with E-state index in [-0.39, 0.29) is 24.8 Å². The second-order valence-electron chi connectivity index (χ2n) is 17.6. The van der Waals surface area contributed by atoms with Crippen molar-refractivity contribution in [3.05, 3.63) is 299 Å². The SMILES string of the molecule is CCC1=[C-]CC(CC)=C1.CCC1=[C-]CC(CC)=C1.[Cl-].[Cl-].[Zr+2]=[C](c1ccccc1)c1ccccc1.[Zr+2]=[C](c1ccccc1)c1ccccc1.c1ccc2c(c1)[cH-]c1ccccc12.c1ccc2c(c1)[cH-]c1ccccc12. The van der Waals surface area contributed by atoms with Crippen LogP contribution in [0.1, 0.15) is 88.5 Å². The van der Waals surface area contributed by atoms with E-state index >= 15 is 0 Å². The molecule has 74 heavy (non-hydrogen) atoms. The number of benzene rings is 8. The summed E-state index contributed by atoms with van der Waals surface area (Å²) in [6, 6.07) is 80.8. The number of halogens is 2. The Kier molecular flexibility index (Phi) is 25.8. The Balaban J connectivity index is 0.000000165. The van der Waals surface area contributed by atoms with Crippen molar-refractivity contribution in [1.82, 2.24) is 0 Å². The van der Waals surface area contributed by atoms with Crippen LogP contribution >= 0.6 is 0 Å². The molecule has 0 fully saturated rings. The van der Waals surface area contributed by atoms with E-state index in [4.69, 9.17) is 0 Å². The van der Waals surface area contributed by atoms with Gasteiger partial charge in [-0.25, -0.2) is 23.3 Å². The Morgan fingerprint density at radius 1 is 0.338 bits per heavy atom. The minimum absolute atomic E-state index is 0. The Labute approximate surface area is 483 Å². The molecule has 0 saturated heterocycles. The van der Waals surface area contributed by atoms with Crippen molar-refractivity contribution < 1.29 is 73.3 Å². The van der Waals surface area contributed by atoms with Gasteiger partial charge in [-0.1, -0.05) is 126 Å². The minimum atomic E-state index is 0. The first kappa shape index (κ1) is 59.4. The van der Waals surface area contributed by atoms with E-state index in [1.807, 2.05) is 0 Å². The number of hydrogen-bond acceptors (Lipinski definition) is 0. The first-order valence-electron chi connectivity index (χ1n) is 25.4. The molecular weight excluding hydrogens is 1090 g/mol. The average Bonchev–Trinajstić information content (AvgIpc) is 4.30. The van der Waals surface area contributed by atoms with Gasteiger partial charge in [0.2, 0.25) is 0 Å². The van der Waals surface area contributed by atoms with Crippen molar-refractivity contribution in [2.75, 3.05) is 0 Å². The van der Waals surface area contributed by atoms with E-state index in [1.165, 1.54) is 155 Å². The maximum atomic E-state index is 3.33. The monoisotopic (exact) mass is 1150 g/mol. The molecule has 0 aliphatic heterocycles. The van der Waals surface area contributed by atoms with E-state index in [9.17, 15) is 0 Å². The third-order valence-electron chi connectivity index (χ3n) is 12.8. The first-order valence-corrected chi connectivity index (χ1v) is 27.9. The number of allylic oxidation sites excluding steroid dienone is 8. The molecule has 368 valence electrons. The Morgan fingerprint density at radius 2 is 0.568 bits per heavy atom. The molecule has 0 aromatic heterocycles. The van der Waals surface area contributed by atoms with Crippen LogP contribution in [0.3, 0.4) is 0 Å². The molecule has 10 aromatic rings. The van der Waals surface area contributed by atoms with Gasteiger partial charge in [-0.05, 0) is 0 Å². The summed E-state index contributed by atoms with van der Waals surface area (Å²) >= 11 is 2.92. The van der Waals surface area contributed by atoms with Crippen molar-refractivity contribution in [3.63, 3.8) is 0 Å². The molecule has 2 aliphatic carbocycles. The summed E-state index contributed by atoms with van der Waals surface area (Å²) in [4.78, 5) is 0. The predicted octanol–water partition coefficient (Wildman–Crippen LogP) is 12.8. The molecule has 0 saturated carbocycles. The maximum Gasteiger partial charge on any atom is -0.0771 e. The van der Waals surface area contributed by atoms with Crippen molar-refractivity contribution in [2.45, 2.75) is 66.2 Å². The molecule has 0 nitrogen and oxygen atoms in total. The summed E-state index contributed by atoms with van der Waals surface area (Å²) in [6.07, 6.45) is 18.1. The van der Waals surface area contributed by atoms with Crippen molar-refractivity contribution in [2.24, 2.45) is 0 Å². The van der Waals surface area contributed by atoms with Gasteiger partial charge in [-0.15, -0.1) is 92.3 Å². The van der Waals surface area contributed by atoms with Crippen molar-refractivity contribution in [1.29, 1.82) is 0 Å². The Morgan fingerprint density at radius 3 is 0.770 bits per heavy atom. The Hall–Kier alpha value is -5.45. The molecule has 0 spiro atoms. The fourth-order valence-electron chi connectivity index (χ4n) is 8.62. The molecule has 0 heterocycles. The van der Waals surface area contributed by atoms with Crippen LogP contribution in [0.5, 0.6) is 0 Å². The summed E-state index contributed by atoms with van der Waals surface area (Å²) in [7, 11) is 0. The summed E-state index contributed by atoms with van der Waals surface area (Å²) in [5, 5.41) is 10.8. The van der Waals surface area contributed by atoms with Gasteiger partial charge >= 0.3 is 198 Å². The van der Waals surface area contributed by atoms with Gasteiger partial charge in [-0.3, -0.25) is 12.2 Å². The van der Waals surface area contributed by atoms with E-state index in [2.05, 4.69) is 283 Å². The zero-order valence-electron chi connectivity index (χ0n) is 43.1. The van der Waals surface area contributed by atoms with Gasteiger partial charge < -0.3 is 24.8 Å². The molecule has 4 heteroatoms. The molecule has 0 radical (unpaired) electrons. The molecule has 0 amide bonds. The molecular formula is C70H64Cl2Zr2-2. The molecule has 0 N–H and O–H groups in total. The van der Waals surface area contributed by atoms with E-state index in [0.29, 0.717) is 0 Å². The predicted molar refractivity (Wildman–Crippen MR) is 306 cm³/mol. The van der Waals surface area contributed by atoms with Gasteiger partial charge in [0, 0.05) is 0 Å². The van der Waals surface area contributed by atoms with Gasteiger partial charge in [0.1, 0.15) is 0 Å². The zero-order valence-corrected chi connectivity index (χ0v) is 49.5. The van der Waals surface area contributed by atoms with Gasteiger partial charge in [0.05, 0.1) is 0 Å². The number of fused-ring (bicyclic) bond motifs is 6. The molecule has 10 aromatic carbocycles. The fourth-order valence-corrected chi connectivity index (χ4v) is 10.3.